The van der Waals surface area contributed by atoms with E-state index in [1.165, 1.54) is 0 Å². The first-order valence-electron chi connectivity index (χ1n) is 10.2. The van der Waals surface area contributed by atoms with E-state index in [0.29, 0.717) is 32.5 Å². The second-order valence-electron chi connectivity index (χ2n) is 8.48. The van der Waals surface area contributed by atoms with Crippen LogP contribution in [0.2, 0.25) is 0 Å². The number of rotatable bonds is 6. The monoisotopic (exact) mass is 402 g/mol. The molecule has 29 heavy (non-hydrogen) atoms. The number of hydrogen-bond acceptors (Lipinski definition) is 6. The Kier molecular flexibility index (Phi) is 6.04. The van der Waals surface area contributed by atoms with Crippen LogP contribution in [0.3, 0.4) is 0 Å². The van der Waals surface area contributed by atoms with Crippen LogP contribution in [0.5, 0.6) is 0 Å². The average molecular weight is 402 g/mol. The molecular formula is C20H30N6O3. The van der Waals surface area contributed by atoms with Gasteiger partial charge in [-0.2, -0.15) is 0 Å². The molecule has 0 saturated carbocycles. The molecule has 2 aliphatic heterocycles. The van der Waals surface area contributed by atoms with Gasteiger partial charge in [0, 0.05) is 38.1 Å². The van der Waals surface area contributed by atoms with Gasteiger partial charge in [0.05, 0.1) is 6.20 Å². The number of imide groups is 1. The Bertz CT molecular complexity index is 759. The van der Waals surface area contributed by atoms with Gasteiger partial charge in [0.15, 0.2) is 0 Å². The van der Waals surface area contributed by atoms with E-state index in [-0.39, 0.29) is 36.3 Å². The summed E-state index contributed by atoms with van der Waals surface area (Å²) in [6.45, 7) is 9.18. The third kappa shape index (κ3) is 4.18. The molecule has 0 bridgehead atoms. The van der Waals surface area contributed by atoms with Gasteiger partial charge in [-0.25, -0.2) is 9.78 Å². The number of amides is 4. The number of nitrogens with one attached hydrogen (secondary N) is 1. The molecule has 0 unspecified atom stereocenters. The molecule has 3 rings (SSSR count). The van der Waals surface area contributed by atoms with E-state index < -0.39 is 5.54 Å². The molecule has 158 valence electrons. The predicted octanol–water partition coefficient (Wildman–Crippen LogP) is 1.26. The van der Waals surface area contributed by atoms with Crippen molar-refractivity contribution in [2.75, 3.05) is 31.1 Å². The van der Waals surface area contributed by atoms with Crippen LogP contribution < -0.4 is 10.2 Å². The van der Waals surface area contributed by atoms with Gasteiger partial charge in [-0.05, 0) is 32.6 Å². The van der Waals surface area contributed by atoms with Crippen LogP contribution in [0.1, 0.15) is 40.5 Å². The zero-order chi connectivity index (χ0) is 21.2. The standard InChI is InChI=1S/C20H30N6O3/c1-14(2)12-26-19(29)25(13-17(27)23-15(3)4)18(28)20(26)5-9-24(10-6-20)16-11-21-7-8-22-16/h7-8,11,14-15H,5-6,9-10,12-13H2,1-4H3,(H,23,27). The van der Waals surface area contributed by atoms with Crippen LogP contribution >= 0.6 is 0 Å². The van der Waals surface area contributed by atoms with Crippen molar-refractivity contribution in [2.45, 2.75) is 52.1 Å². The molecule has 1 N–H and O–H groups in total. The van der Waals surface area contributed by atoms with Crippen LogP contribution in [0.4, 0.5) is 10.6 Å². The lowest BCUT2D eigenvalue weighted by atomic mass is 9.85. The maximum Gasteiger partial charge on any atom is 0.328 e. The Hall–Kier alpha value is -2.71. The number of anilines is 1. The molecule has 0 aliphatic carbocycles. The van der Waals surface area contributed by atoms with Crippen LogP contribution in [-0.4, -0.2) is 75.4 Å². The number of hydrogen-bond donors (Lipinski definition) is 1. The van der Waals surface area contributed by atoms with E-state index in [2.05, 4.69) is 20.2 Å². The first kappa shape index (κ1) is 21.0. The van der Waals surface area contributed by atoms with Crippen molar-refractivity contribution in [3.05, 3.63) is 18.6 Å². The normalized spacial score (nSPS) is 19.0. The molecule has 2 saturated heterocycles. The largest absolute Gasteiger partial charge is 0.355 e. The lowest BCUT2D eigenvalue weighted by molar-refractivity contribution is -0.137. The highest BCUT2D eigenvalue weighted by Gasteiger charge is 2.58. The SMILES string of the molecule is CC(C)CN1C(=O)N(CC(=O)NC(C)C)C(=O)C12CCN(c1cnccn1)CC2. The van der Waals surface area contributed by atoms with Gasteiger partial charge in [-0.3, -0.25) is 19.5 Å². The molecular weight excluding hydrogens is 372 g/mol. The summed E-state index contributed by atoms with van der Waals surface area (Å²) in [6.07, 6.45) is 5.98. The molecule has 2 fully saturated rings. The van der Waals surface area contributed by atoms with E-state index in [0.717, 1.165) is 10.7 Å². The highest BCUT2D eigenvalue weighted by atomic mass is 16.2. The second kappa shape index (κ2) is 8.34. The molecule has 3 heterocycles. The summed E-state index contributed by atoms with van der Waals surface area (Å²) < 4.78 is 0. The van der Waals surface area contributed by atoms with Crippen LogP contribution in [0.15, 0.2) is 18.6 Å². The maximum atomic E-state index is 13.4. The van der Waals surface area contributed by atoms with Crippen molar-refractivity contribution in [2.24, 2.45) is 5.92 Å². The molecule has 1 aromatic heterocycles. The smallest absolute Gasteiger partial charge is 0.328 e. The minimum atomic E-state index is -0.891. The average Bonchev–Trinajstić information content (AvgIpc) is 2.85. The number of carbonyl (C=O) groups excluding carboxylic acids is 3. The summed E-state index contributed by atoms with van der Waals surface area (Å²) in [5, 5.41) is 2.76. The lowest BCUT2D eigenvalue weighted by Gasteiger charge is -2.43. The van der Waals surface area contributed by atoms with Gasteiger partial charge in [0.2, 0.25) is 5.91 Å². The van der Waals surface area contributed by atoms with Crippen molar-refractivity contribution in [1.82, 2.24) is 25.1 Å². The number of aromatic nitrogens is 2. The summed E-state index contributed by atoms with van der Waals surface area (Å²) in [7, 11) is 0. The molecule has 1 spiro atoms. The van der Waals surface area contributed by atoms with Gasteiger partial charge in [-0.1, -0.05) is 13.8 Å². The van der Waals surface area contributed by atoms with Crippen molar-refractivity contribution in [3.8, 4) is 0 Å². The van der Waals surface area contributed by atoms with E-state index >= 15 is 0 Å². The number of carbonyl (C=O) groups is 3. The fourth-order valence-corrected chi connectivity index (χ4v) is 4.10. The summed E-state index contributed by atoms with van der Waals surface area (Å²) in [4.78, 5) is 52.1. The van der Waals surface area contributed by atoms with Gasteiger partial charge in [-0.15, -0.1) is 0 Å². The summed E-state index contributed by atoms with van der Waals surface area (Å²) in [6, 6.07) is -0.415. The zero-order valence-electron chi connectivity index (χ0n) is 17.6. The highest BCUT2D eigenvalue weighted by molar-refractivity contribution is 6.09. The minimum absolute atomic E-state index is 0.0498. The van der Waals surface area contributed by atoms with Crippen molar-refractivity contribution in [1.29, 1.82) is 0 Å². The summed E-state index contributed by atoms with van der Waals surface area (Å²) in [5.74, 6) is 0.398. The number of piperidine rings is 1. The van der Waals surface area contributed by atoms with Crippen LogP contribution in [-0.2, 0) is 9.59 Å². The predicted molar refractivity (Wildman–Crippen MR) is 108 cm³/mol. The summed E-state index contributed by atoms with van der Waals surface area (Å²) >= 11 is 0. The van der Waals surface area contributed by atoms with Gasteiger partial charge < -0.3 is 15.1 Å². The van der Waals surface area contributed by atoms with E-state index in [1.807, 2.05) is 27.7 Å². The van der Waals surface area contributed by atoms with Crippen LogP contribution in [0, 0.1) is 5.92 Å². The molecule has 2 aliphatic rings. The van der Waals surface area contributed by atoms with Crippen LogP contribution in [0.25, 0.3) is 0 Å². The Morgan fingerprint density at radius 3 is 2.41 bits per heavy atom. The number of nitrogens with zero attached hydrogens (tertiary/aromatic N) is 5. The molecule has 0 atom stereocenters. The van der Waals surface area contributed by atoms with Crippen molar-refractivity contribution in [3.63, 3.8) is 0 Å². The molecule has 1 aromatic rings. The Labute approximate surface area is 171 Å². The van der Waals surface area contributed by atoms with Gasteiger partial charge >= 0.3 is 6.03 Å². The third-order valence-electron chi connectivity index (χ3n) is 5.38. The van der Waals surface area contributed by atoms with E-state index in [4.69, 9.17) is 0 Å². The van der Waals surface area contributed by atoms with Crippen molar-refractivity contribution >= 4 is 23.7 Å². The van der Waals surface area contributed by atoms with Gasteiger partial charge in [0.25, 0.3) is 5.91 Å². The minimum Gasteiger partial charge on any atom is -0.355 e. The molecule has 4 amide bonds. The second-order valence-corrected chi connectivity index (χ2v) is 8.48. The van der Waals surface area contributed by atoms with Gasteiger partial charge in [0.1, 0.15) is 17.9 Å². The van der Waals surface area contributed by atoms with Crippen molar-refractivity contribution < 1.29 is 14.4 Å². The third-order valence-corrected chi connectivity index (χ3v) is 5.38. The molecule has 9 heteroatoms. The first-order chi connectivity index (χ1) is 13.7. The molecule has 0 aromatic carbocycles. The lowest BCUT2D eigenvalue weighted by Crippen LogP contribution is -2.57. The quantitative estimate of drug-likeness (QED) is 0.720. The number of urea groups is 1. The zero-order valence-corrected chi connectivity index (χ0v) is 17.6. The maximum absolute atomic E-state index is 13.4. The Morgan fingerprint density at radius 1 is 1.17 bits per heavy atom. The topological polar surface area (TPSA) is 98.7 Å². The van der Waals surface area contributed by atoms with E-state index in [9.17, 15) is 14.4 Å². The fourth-order valence-electron chi connectivity index (χ4n) is 4.10. The Morgan fingerprint density at radius 2 is 1.86 bits per heavy atom. The first-order valence-corrected chi connectivity index (χ1v) is 10.2. The summed E-state index contributed by atoms with van der Waals surface area (Å²) in [5.41, 5.74) is -0.891. The fraction of sp³-hybridized carbons (Fsp3) is 0.650. The molecule has 9 nitrogen and oxygen atoms in total. The van der Waals surface area contributed by atoms with E-state index in [1.54, 1.807) is 23.5 Å². The molecule has 0 radical (unpaired) electrons. The highest BCUT2D eigenvalue weighted by Crippen LogP contribution is 2.38. The Balaban J connectivity index is 1.80.